The molecule has 0 spiro atoms. The first-order chi connectivity index (χ1) is 15.4. The highest BCUT2D eigenvalue weighted by Gasteiger charge is 2.21. The Hall–Kier alpha value is -3.40. The monoisotopic (exact) mass is 451 g/mol. The summed E-state index contributed by atoms with van der Waals surface area (Å²) in [4.78, 5) is 42.5. The van der Waals surface area contributed by atoms with E-state index in [1.54, 1.807) is 37.3 Å². The molecular weight excluding hydrogens is 426 g/mol. The minimum atomic E-state index is -0.478. The van der Waals surface area contributed by atoms with E-state index in [2.05, 4.69) is 21.9 Å². The summed E-state index contributed by atoms with van der Waals surface area (Å²) in [6.45, 7) is 3.29. The summed E-state index contributed by atoms with van der Waals surface area (Å²) in [6.07, 6.45) is 3.44. The Kier molecular flexibility index (Phi) is 6.40. The second-order valence-corrected chi connectivity index (χ2v) is 8.79. The van der Waals surface area contributed by atoms with Crippen LogP contribution in [0.25, 0.3) is 11.2 Å². The Morgan fingerprint density at radius 1 is 1.12 bits per heavy atom. The van der Waals surface area contributed by atoms with Crippen molar-refractivity contribution in [2.75, 3.05) is 17.7 Å². The van der Waals surface area contributed by atoms with Gasteiger partial charge in [-0.1, -0.05) is 49.0 Å². The van der Waals surface area contributed by atoms with Gasteiger partial charge in [-0.25, -0.2) is 14.8 Å². The molecule has 3 heterocycles. The van der Waals surface area contributed by atoms with Gasteiger partial charge in [0.15, 0.2) is 16.3 Å². The molecule has 1 aromatic carbocycles. The number of aromatic amines is 1. The predicted molar refractivity (Wildman–Crippen MR) is 126 cm³/mol. The molecular formula is C22H25N7O2S. The Labute approximate surface area is 189 Å². The van der Waals surface area contributed by atoms with E-state index in [9.17, 15) is 9.59 Å². The number of aromatic nitrogens is 6. The van der Waals surface area contributed by atoms with E-state index in [4.69, 9.17) is 4.98 Å². The smallest absolute Gasteiger partial charge is 0.329 e. The number of thioether (sulfide) groups is 1. The van der Waals surface area contributed by atoms with Gasteiger partial charge < -0.3 is 9.47 Å². The summed E-state index contributed by atoms with van der Waals surface area (Å²) >= 11 is 1.57. The fourth-order valence-electron chi connectivity index (χ4n) is 3.56. The molecule has 0 aliphatic rings. The van der Waals surface area contributed by atoms with Crippen molar-refractivity contribution in [3.8, 4) is 0 Å². The van der Waals surface area contributed by atoms with Gasteiger partial charge in [-0.2, -0.15) is 4.98 Å². The molecule has 1 unspecified atom stereocenters. The van der Waals surface area contributed by atoms with E-state index in [1.165, 1.54) is 4.57 Å². The largest absolute Gasteiger partial charge is 0.341 e. The van der Waals surface area contributed by atoms with E-state index < -0.39 is 11.2 Å². The van der Waals surface area contributed by atoms with Gasteiger partial charge in [-0.3, -0.25) is 14.3 Å². The van der Waals surface area contributed by atoms with Crippen LogP contribution >= 0.6 is 11.8 Å². The molecule has 0 aliphatic carbocycles. The van der Waals surface area contributed by atoms with Crippen LogP contribution in [0.4, 0.5) is 5.95 Å². The second-order valence-electron chi connectivity index (χ2n) is 7.80. The second kappa shape index (κ2) is 9.39. The van der Waals surface area contributed by atoms with Crippen molar-refractivity contribution in [1.82, 2.24) is 29.1 Å². The Bertz CT molecular complexity index is 1320. The summed E-state index contributed by atoms with van der Waals surface area (Å²) in [5.74, 6) is 1.61. The van der Waals surface area contributed by atoms with Gasteiger partial charge in [0.1, 0.15) is 0 Å². The van der Waals surface area contributed by atoms with Crippen molar-refractivity contribution in [1.29, 1.82) is 0 Å². The van der Waals surface area contributed by atoms with Crippen LogP contribution in [0.2, 0.25) is 0 Å². The summed E-state index contributed by atoms with van der Waals surface area (Å²) in [6, 6.07) is 11.8. The average molecular weight is 452 g/mol. The van der Waals surface area contributed by atoms with Gasteiger partial charge in [0.2, 0.25) is 5.95 Å². The predicted octanol–water partition coefficient (Wildman–Crippen LogP) is 2.28. The highest BCUT2D eigenvalue weighted by atomic mass is 32.2. The normalized spacial score (nSPS) is 12.2. The lowest BCUT2D eigenvalue weighted by Gasteiger charge is -2.21. The molecule has 4 rings (SSSR count). The molecule has 1 N–H and O–H groups in total. The van der Waals surface area contributed by atoms with Gasteiger partial charge >= 0.3 is 5.69 Å². The lowest BCUT2D eigenvalue weighted by Crippen LogP contribution is -2.30. The molecule has 166 valence electrons. The molecule has 3 aromatic heterocycles. The number of rotatable bonds is 8. The Balaban J connectivity index is 1.68. The fraction of sp³-hybridized carbons (Fsp3) is 0.318. The van der Waals surface area contributed by atoms with Gasteiger partial charge in [-0.15, -0.1) is 0 Å². The summed E-state index contributed by atoms with van der Waals surface area (Å²) in [7, 11) is 3.55. The first kappa shape index (κ1) is 21.8. The quantitative estimate of drug-likeness (QED) is 0.324. The number of fused-ring (bicyclic) bond motifs is 1. The first-order valence-corrected chi connectivity index (χ1v) is 11.3. The van der Waals surface area contributed by atoms with Crippen LogP contribution in [0, 0.1) is 5.92 Å². The zero-order valence-corrected chi connectivity index (χ0v) is 19.0. The fourth-order valence-corrected chi connectivity index (χ4v) is 4.37. The van der Waals surface area contributed by atoms with Crippen LogP contribution in [0.5, 0.6) is 0 Å². The van der Waals surface area contributed by atoms with Crippen LogP contribution in [-0.2, 0) is 20.1 Å². The van der Waals surface area contributed by atoms with Crippen molar-refractivity contribution in [2.45, 2.75) is 25.2 Å². The lowest BCUT2D eigenvalue weighted by molar-refractivity contribution is 0.536. The topological polar surface area (TPSA) is 102 Å². The first-order valence-electron chi connectivity index (χ1n) is 10.3. The maximum absolute atomic E-state index is 12.8. The minimum absolute atomic E-state index is 0.196. The average Bonchev–Trinajstić information content (AvgIpc) is 3.17. The number of nitrogens with zero attached hydrogens (tertiary/aromatic N) is 6. The molecule has 0 radical (unpaired) electrons. The summed E-state index contributed by atoms with van der Waals surface area (Å²) < 4.78 is 3.29. The van der Waals surface area contributed by atoms with E-state index in [0.717, 1.165) is 16.5 Å². The van der Waals surface area contributed by atoms with Crippen molar-refractivity contribution in [2.24, 2.45) is 13.0 Å². The molecule has 0 saturated carbocycles. The number of aryl methyl sites for hydroxylation is 1. The van der Waals surface area contributed by atoms with E-state index in [-0.39, 0.29) is 5.92 Å². The van der Waals surface area contributed by atoms with Gasteiger partial charge in [0.05, 0.1) is 0 Å². The molecule has 0 saturated heterocycles. The minimum Gasteiger partial charge on any atom is -0.341 e. The molecule has 0 fully saturated rings. The molecule has 0 aliphatic heterocycles. The third-order valence-electron chi connectivity index (χ3n) is 5.12. The van der Waals surface area contributed by atoms with Crippen LogP contribution < -0.4 is 16.1 Å². The Morgan fingerprint density at radius 3 is 2.56 bits per heavy atom. The third kappa shape index (κ3) is 4.59. The van der Waals surface area contributed by atoms with Gasteiger partial charge in [0.25, 0.3) is 5.56 Å². The molecule has 0 amide bonds. The number of hydrogen-bond donors (Lipinski definition) is 1. The maximum Gasteiger partial charge on any atom is 0.329 e. The highest BCUT2D eigenvalue weighted by Crippen LogP contribution is 2.24. The number of H-pyrrole nitrogens is 1. The summed E-state index contributed by atoms with van der Waals surface area (Å²) in [5, 5.41) is 0.719. The maximum atomic E-state index is 12.8. The van der Waals surface area contributed by atoms with Crippen LogP contribution in [-0.4, -0.2) is 41.9 Å². The number of benzene rings is 1. The molecule has 0 bridgehead atoms. The highest BCUT2D eigenvalue weighted by molar-refractivity contribution is 7.99. The molecule has 9 nitrogen and oxygen atoms in total. The lowest BCUT2D eigenvalue weighted by atomic mass is 10.2. The van der Waals surface area contributed by atoms with Crippen molar-refractivity contribution >= 4 is 28.9 Å². The van der Waals surface area contributed by atoms with Crippen molar-refractivity contribution < 1.29 is 0 Å². The van der Waals surface area contributed by atoms with Crippen molar-refractivity contribution in [3.63, 3.8) is 0 Å². The zero-order valence-electron chi connectivity index (χ0n) is 18.2. The zero-order chi connectivity index (χ0) is 22.7. The molecule has 1 atom stereocenters. The number of imidazole rings is 1. The SMILES string of the molecule is CC(CSc1ncccn1)Cn1c(N(C)Cc2ccccc2)nc2c1c(=O)[nH]c(=O)n2C. The van der Waals surface area contributed by atoms with E-state index in [1.807, 2.05) is 46.8 Å². The summed E-state index contributed by atoms with van der Waals surface area (Å²) in [5.41, 5.74) is 0.992. The van der Waals surface area contributed by atoms with Gasteiger partial charge in [-0.05, 0) is 17.5 Å². The molecule has 10 heteroatoms. The van der Waals surface area contributed by atoms with Crippen LogP contribution in [0.1, 0.15) is 12.5 Å². The molecule has 4 aromatic rings. The van der Waals surface area contributed by atoms with Crippen molar-refractivity contribution in [3.05, 3.63) is 75.2 Å². The number of hydrogen-bond acceptors (Lipinski definition) is 7. The van der Waals surface area contributed by atoms with Crippen LogP contribution in [0.3, 0.4) is 0 Å². The van der Waals surface area contributed by atoms with Crippen LogP contribution in [0.15, 0.2) is 63.5 Å². The van der Waals surface area contributed by atoms with E-state index >= 15 is 0 Å². The Morgan fingerprint density at radius 2 is 1.84 bits per heavy atom. The van der Waals surface area contributed by atoms with Gasteiger partial charge in [0, 0.05) is 45.3 Å². The molecule has 32 heavy (non-hydrogen) atoms. The third-order valence-corrected chi connectivity index (χ3v) is 6.33. The number of nitrogens with one attached hydrogen (secondary N) is 1. The standard InChI is InChI=1S/C22H25N7O2S/c1-15(14-32-20-23-10-7-11-24-20)12-29-17-18(28(3)22(31)26-19(17)30)25-21(29)27(2)13-16-8-5-4-6-9-16/h4-11,15H,12-14H2,1-3H3,(H,26,30,31). The van der Waals surface area contributed by atoms with E-state index in [0.29, 0.717) is 30.2 Å². The number of anilines is 1.